The van der Waals surface area contributed by atoms with Gasteiger partial charge in [-0.15, -0.1) is 0 Å². The predicted octanol–water partition coefficient (Wildman–Crippen LogP) is 1.32. The number of halogens is 2. The molecule has 1 heterocycles. The van der Waals surface area contributed by atoms with Crippen molar-refractivity contribution in [2.24, 2.45) is 0 Å². The van der Waals surface area contributed by atoms with Gasteiger partial charge in [0, 0.05) is 7.11 Å². The fourth-order valence-electron chi connectivity index (χ4n) is 1.01. The van der Waals surface area contributed by atoms with Crippen LogP contribution in [0.25, 0.3) is 0 Å². The van der Waals surface area contributed by atoms with Crippen molar-refractivity contribution < 1.29 is 9.47 Å². The first-order valence-corrected chi connectivity index (χ1v) is 5.81. The van der Waals surface area contributed by atoms with E-state index in [1.807, 2.05) is 0 Å². The highest BCUT2D eigenvalue weighted by atomic mass is 79.9. The molecule has 0 fully saturated rings. The summed E-state index contributed by atoms with van der Waals surface area (Å²) in [5.41, 5.74) is -0.213. The Morgan fingerprint density at radius 1 is 1.50 bits per heavy atom. The SMILES string of the molecule is COCCOCCn1cnc(Cl)c(Br)c1=O. The van der Waals surface area contributed by atoms with Crippen molar-refractivity contribution in [3.05, 3.63) is 26.3 Å². The summed E-state index contributed by atoms with van der Waals surface area (Å²) in [6, 6.07) is 0. The summed E-state index contributed by atoms with van der Waals surface area (Å²) in [6.07, 6.45) is 1.40. The van der Waals surface area contributed by atoms with E-state index in [0.29, 0.717) is 26.4 Å². The van der Waals surface area contributed by atoms with Crippen LogP contribution >= 0.6 is 27.5 Å². The van der Waals surface area contributed by atoms with Crippen LogP contribution in [0, 0.1) is 0 Å². The minimum Gasteiger partial charge on any atom is -0.382 e. The zero-order chi connectivity index (χ0) is 12.0. The van der Waals surface area contributed by atoms with Crippen LogP contribution in [0.15, 0.2) is 15.6 Å². The molecule has 0 spiro atoms. The van der Waals surface area contributed by atoms with E-state index in [9.17, 15) is 4.79 Å². The highest BCUT2D eigenvalue weighted by Gasteiger charge is 2.06. The topological polar surface area (TPSA) is 53.4 Å². The highest BCUT2D eigenvalue weighted by molar-refractivity contribution is 9.10. The van der Waals surface area contributed by atoms with Crippen molar-refractivity contribution in [3.63, 3.8) is 0 Å². The normalized spacial score (nSPS) is 10.7. The number of nitrogens with zero attached hydrogens (tertiary/aromatic N) is 2. The third-order valence-corrected chi connectivity index (χ3v) is 3.08. The molecule has 0 N–H and O–H groups in total. The zero-order valence-electron chi connectivity index (χ0n) is 8.78. The number of hydrogen-bond donors (Lipinski definition) is 0. The summed E-state index contributed by atoms with van der Waals surface area (Å²) >= 11 is 8.74. The molecule has 0 amide bonds. The van der Waals surface area contributed by atoms with Gasteiger partial charge < -0.3 is 9.47 Å². The van der Waals surface area contributed by atoms with Crippen molar-refractivity contribution >= 4 is 27.5 Å². The van der Waals surface area contributed by atoms with Gasteiger partial charge in [-0.1, -0.05) is 11.6 Å². The Bertz CT molecular complexity index is 397. The number of ether oxygens (including phenoxy) is 2. The van der Waals surface area contributed by atoms with E-state index in [4.69, 9.17) is 21.1 Å². The third-order valence-electron chi connectivity index (χ3n) is 1.85. The summed E-state index contributed by atoms with van der Waals surface area (Å²) in [5.74, 6) is 0. The first kappa shape index (κ1) is 13.6. The van der Waals surface area contributed by atoms with E-state index in [2.05, 4.69) is 20.9 Å². The molecule has 0 unspecified atom stereocenters. The van der Waals surface area contributed by atoms with Crippen LogP contribution < -0.4 is 5.56 Å². The Kier molecular flexibility index (Phi) is 5.97. The quantitative estimate of drug-likeness (QED) is 0.587. The van der Waals surface area contributed by atoms with Crippen LogP contribution in [0.3, 0.4) is 0 Å². The van der Waals surface area contributed by atoms with Crippen LogP contribution in [0.5, 0.6) is 0 Å². The van der Waals surface area contributed by atoms with E-state index in [1.54, 1.807) is 7.11 Å². The summed E-state index contributed by atoms with van der Waals surface area (Å²) < 4.78 is 11.8. The van der Waals surface area contributed by atoms with Crippen molar-refractivity contribution in [2.75, 3.05) is 26.9 Å². The molecule has 5 nitrogen and oxygen atoms in total. The van der Waals surface area contributed by atoms with Gasteiger partial charge in [0.25, 0.3) is 5.56 Å². The second-order valence-electron chi connectivity index (χ2n) is 2.95. The van der Waals surface area contributed by atoms with E-state index < -0.39 is 0 Å². The maximum absolute atomic E-state index is 11.6. The van der Waals surface area contributed by atoms with Gasteiger partial charge in [0.15, 0.2) is 5.15 Å². The number of aromatic nitrogens is 2. The van der Waals surface area contributed by atoms with Gasteiger partial charge in [-0.3, -0.25) is 9.36 Å². The van der Waals surface area contributed by atoms with Crippen molar-refractivity contribution in [3.8, 4) is 0 Å². The van der Waals surface area contributed by atoms with Crippen LogP contribution in [0.1, 0.15) is 0 Å². The van der Waals surface area contributed by atoms with E-state index in [1.165, 1.54) is 10.9 Å². The lowest BCUT2D eigenvalue weighted by Crippen LogP contribution is -2.23. The predicted molar refractivity (Wildman–Crippen MR) is 63.9 cm³/mol. The second-order valence-corrected chi connectivity index (χ2v) is 4.10. The minimum absolute atomic E-state index is 0.168. The van der Waals surface area contributed by atoms with Crippen molar-refractivity contribution in [1.82, 2.24) is 9.55 Å². The van der Waals surface area contributed by atoms with Crippen molar-refractivity contribution in [1.29, 1.82) is 0 Å². The smallest absolute Gasteiger partial charge is 0.269 e. The minimum atomic E-state index is -0.213. The fourth-order valence-corrected chi connectivity index (χ4v) is 1.46. The maximum atomic E-state index is 11.6. The molecule has 7 heteroatoms. The molecule has 90 valence electrons. The molecule has 1 rings (SSSR count). The Balaban J connectivity index is 2.49. The standard InChI is InChI=1S/C9H12BrClN2O3/c1-15-4-5-16-3-2-13-6-12-8(11)7(10)9(13)14/h6H,2-5H2,1H3. The summed E-state index contributed by atoms with van der Waals surface area (Å²) in [7, 11) is 1.61. The van der Waals surface area contributed by atoms with Crippen LogP contribution in [-0.2, 0) is 16.0 Å². The average Bonchev–Trinajstić information content (AvgIpc) is 2.28. The molecule has 0 radical (unpaired) electrons. The first-order chi connectivity index (χ1) is 7.66. The van der Waals surface area contributed by atoms with Crippen LogP contribution in [-0.4, -0.2) is 36.5 Å². The van der Waals surface area contributed by atoms with E-state index >= 15 is 0 Å². The molecule has 16 heavy (non-hydrogen) atoms. The average molecular weight is 312 g/mol. The number of methoxy groups -OCH3 is 1. The van der Waals surface area contributed by atoms with Gasteiger partial charge in [-0.25, -0.2) is 4.98 Å². The molecule has 0 aliphatic heterocycles. The molecule has 0 aliphatic rings. The first-order valence-electron chi connectivity index (χ1n) is 4.64. The molecule has 0 saturated carbocycles. The molecule has 1 aromatic heterocycles. The summed E-state index contributed by atoms with van der Waals surface area (Å²) in [6.45, 7) is 1.91. The molecular formula is C9H12BrClN2O3. The fraction of sp³-hybridized carbons (Fsp3) is 0.556. The monoisotopic (exact) mass is 310 g/mol. The summed E-state index contributed by atoms with van der Waals surface area (Å²) in [4.78, 5) is 15.5. The Morgan fingerprint density at radius 3 is 2.94 bits per heavy atom. The van der Waals surface area contributed by atoms with Gasteiger partial charge in [-0.05, 0) is 15.9 Å². The molecule has 0 bridgehead atoms. The lowest BCUT2D eigenvalue weighted by molar-refractivity contribution is 0.0661. The van der Waals surface area contributed by atoms with Gasteiger partial charge in [0.2, 0.25) is 0 Å². The number of hydrogen-bond acceptors (Lipinski definition) is 4. The largest absolute Gasteiger partial charge is 0.382 e. The van der Waals surface area contributed by atoms with Crippen LogP contribution in [0.4, 0.5) is 0 Å². The molecule has 0 atom stereocenters. The Hall–Kier alpha value is -0.430. The van der Waals surface area contributed by atoms with E-state index in [0.717, 1.165) is 0 Å². The molecule has 0 saturated heterocycles. The maximum Gasteiger partial charge on any atom is 0.269 e. The zero-order valence-corrected chi connectivity index (χ0v) is 11.1. The molecule has 0 aromatic carbocycles. The lowest BCUT2D eigenvalue weighted by Gasteiger charge is -2.06. The third kappa shape index (κ3) is 3.86. The number of rotatable bonds is 6. The van der Waals surface area contributed by atoms with E-state index in [-0.39, 0.29) is 15.2 Å². The van der Waals surface area contributed by atoms with Gasteiger partial charge in [-0.2, -0.15) is 0 Å². The highest BCUT2D eigenvalue weighted by Crippen LogP contribution is 2.13. The Morgan fingerprint density at radius 2 is 2.25 bits per heavy atom. The summed E-state index contributed by atoms with van der Waals surface area (Å²) in [5, 5.41) is 0.168. The van der Waals surface area contributed by atoms with Gasteiger partial charge >= 0.3 is 0 Å². The molecular weight excluding hydrogens is 299 g/mol. The van der Waals surface area contributed by atoms with Crippen LogP contribution in [0.2, 0.25) is 5.15 Å². The molecule has 1 aromatic rings. The van der Waals surface area contributed by atoms with Gasteiger partial charge in [0.05, 0.1) is 32.7 Å². The van der Waals surface area contributed by atoms with Gasteiger partial charge in [0.1, 0.15) is 4.47 Å². The molecule has 0 aliphatic carbocycles. The van der Waals surface area contributed by atoms with Crippen molar-refractivity contribution in [2.45, 2.75) is 6.54 Å². The Labute approximate surface area is 106 Å². The second kappa shape index (κ2) is 7.01. The lowest BCUT2D eigenvalue weighted by atomic mass is 10.6.